The summed E-state index contributed by atoms with van der Waals surface area (Å²) >= 11 is 3.32. The third kappa shape index (κ3) is 4.19. The van der Waals surface area contributed by atoms with Crippen LogP contribution in [0.4, 0.5) is 5.95 Å². The first-order valence-corrected chi connectivity index (χ1v) is 10.8. The molecule has 4 rings (SSSR count). The molecule has 0 saturated carbocycles. The second-order valence-corrected chi connectivity index (χ2v) is 8.20. The largest absolute Gasteiger partial charge is 0.383 e. The van der Waals surface area contributed by atoms with E-state index in [1.165, 1.54) is 0 Å². The summed E-state index contributed by atoms with van der Waals surface area (Å²) in [6, 6.07) is 2.11. The van der Waals surface area contributed by atoms with Crippen LogP contribution in [-0.2, 0) is 4.74 Å². The molecule has 0 amide bonds. The average molecular weight is 402 g/mol. The van der Waals surface area contributed by atoms with Gasteiger partial charge in [-0.3, -0.25) is 4.90 Å². The van der Waals surface area contributed by atoms with E-state index in [-0.39, 0.29) is 0 Å². The molecule has 0 aromatic carbocycles. The molecule has 0 atom stereocenters. The number of anilines is 1. The molecule has 0 aliphatic carbocycles. The molecule has 3 aromatic heterocycles. The minimum Gasteiger partial charge on any atom is -0.383 e. The fourth-order valence-electron chi connectivity index (χ4n) is 3.17. The summed E-state index contributed by atoms with van der Waals surface area (Å²) in [6.45, 7) is 7.64. The van der Waals surface area contributed by atoms with E-state index in [2.05, 4.69) is 37.0 Å². The molecule has 0 unspecified atom stereocenters. The van der Waals surface area contributed by atoms with E-state index in [4.69, 9.17) is 14.7 Å². The predicted molar refractivity (Wildman–Crippen MR) is 112 cm³/mol. The van der Waals surface area contributed by atoms with Crippen LogP contribution >= 0.6 is 22.7 Å². The van der Waals surface area contributed by atoms with Gasteiger partial charge in [0, 0.05) is 62.7 Å². The molecule has 4 heterocycles. The Bertz CT molecular complexity index is 872. The maximum Gasteiger partial charge on any atom is 0.226 e. The quantitative estimate of drug-likeness (QED) is 0.631. The van der Waals surface area contributed by atoms with Crippen LogP contribution in [0.5, 0.6) is 0 Å². The second kappa shape index (κ2) is 8.43. The zero-order valence-corrected chi connectivity index (χ0v) is 17.2. The Morgan fingerprint density at radius 3 is 2.67 bits per heavy atom. The van der Waals surface area contributed by atoms with Gasteiger partial charge in [-0.25, -0.2) is 15.0 Å². The highest BCUT2D eigenvalue weighted by Crippen LogP contribution is 2.34. The standard InChI is InChI=1S/C19H23N5OS2/c1-14-12-27-18(21-14)17-16(15-3-10-26-13-15)11-20-19(22-17)24-6-4-23(5-7-24)8-9-25-2/h3,10-13H,4-9H2,1-2H3. The highest BCUT2D eigenvalue weighted by Gasteiger charge is 2.21. The Labute approximate surface area is 167 Å². The van der Waals surface area contributed by atoms with Crippen LogP contribution in [0.25, 0.3) is 21.8 Å². The van der Waals surface area contributed by atoms with Crippen molar-refractivity contribution in [2.75, 3.05) is 51.3 Å². The van der Waals surface area contributed by atoms with Crippen molar-refractivity contribution in [3.63, 3.8) is 0 Å². The Balaban J connectivity index is 1.60. The lowest BCUT2D eigenvalue weighted by atomic mass is 10.1. The predicted octanol–water partition coefficient (Wildman–Crippen LogP) is 3.41. The van der Waals surface area contributed by atoms with E-state index >= 15 is 0 Å². The number of thiazole rings is 1. The zero-order chi connectivity index (χ0) is 18.6. The van der Waals surface area contributed by atoms with Gasteiger partial charge >= 0.3 is 0 Å². The van der Waals surface area contributed by atoms with Crippen molar-refractivity contribution in [1.29, 1.82) is 0 Å². The molecule has 3 aromatic rings. The maximum absolute atomic E-state index is 5.19. The van der Waals surface area contributed by atoms with E-state index < -0.39 is 0 Å². The normalized spacial score (nSPS) is 15.4. The first kappa shape index (κ1) is 18.5. The van der Waals surface area contributed by atoms with Gasteiger partial charge in [0.25, 0.3) is 0 Å². The zero-order valence-electron chi connectivity index (χ0n) is 15.6. The lowest BCUT2D eigenvalue weighted by Gasteiger charge is -2.34. The highest BCUT2D eigenvalue weighted by atomic mass is 32.1. The molecule has 1 fully saturated rings. The number of ether oxygens (including phenoxy) is 1. The number of rotatable bonds is 6. The number of thiophene rings is 1. The lowest BCUT2D eigenvalue weighted by Crippen LogP contribution is -2.47. The van der Waals surface area contributed by atoms with Gasteiger partial charge in [-0.15, -0.1) is 11.3 Å². The molecule has 0 spiro atoms. The molecule has 0 bridgehead atoms. The molecule has 1 aliphatic heterocycles. The third-order valence-electron chi connectivity index (χ3n) is 4.70. The average Bonchev–Trinajstić information content (AvgIpc) is 3.38. The summed E-state index contributed by atoms with van der Waals surface area (Å²) in [5.74, 6) is 0.795. The molecular weight excluding hydrogens is 378 g/mol. The molecule has 0 radical (unpaired) electrons. The van der Waals surface area contributed by atoms with E-state index in [1.54, 1.807) is 29.8 Å². The Morgan fingerprint density at radius 2 is 2.00 bits per heavy atom. The minimum atomic E-state index is 0.777. The van der Waals surface area contributed by atoms with Gasteiger partial charge in [0.05, 0.1) is 6.61 Å². The number of methoxy groups -OCH3 is 1. The third-order valence-corrected chi connectivity index (χ3v) is 6.35. The number of nitrogens with zero attached hydrogens (tertiary/aromatic N) is 5. The van der Waals surface area contributed by atoms with Gasteiger partial charge in [0.2, 0.25) is 5.95 Å². The molecule has 27 heavy (non-hydrogen) atoms. The molecule has 1 saturated heterocycles. The van der Waals surface area contributed by atoms with Crippen LogP contribution in [0, 0.1) is 6.92 Å². The first-order valence-electron chi connectivity index (χ1n) is 9.03. The number of aromatic nitrogens is 3. The molecule has 6 nitrogen and oxygen atoms in total. The van der Waals surface area contributed by atoms with Crippen molar-refractivity contribution >= 4 is 28.6 Å². The molecule has 0 N–H and O–H groups in total. The van der Waals surface area contributed by atoms with Crippen molar-refractivity contribution in [2.24, 2.45) is 0 Å². The van der Waals surface area contributed by atoms with Crippen molar-refractivity contribution in [2.45, 2.75) is 6.92 Å². The van der Waals surface area contributed by atoms with Crippen LogP contribution in [0.3, 0.4) is 0 Å². The molecule has 142 valence electrons. The molecular formula is C19H23N5OS2. The van der Waals surface area contributed by atoms with E-state index in [0.717, 1.165) is 72.8 Å². The number of aryl methyl sites for hydroxylation is 1. The van der Waals surface area contributed by atoms with Crippen LogP contribution in [-0.4, -0.2) is 66.3 Å². The highest BCUT2D eigenvalue weighted by molar-refractivity contribution is 7.13. The fraction of sp³-hybridized carbons (Fsp3) is 0.421. The summed E-state index contributed by atoms with van der Waals surface area (Å²) in [4.78, 5) is 19.0. The van der Waals surface area contributed by atoms with Gasteiger partial charge in [-0.05, 0) is 29.3 Å². The Kier molecular flexibility index (Phi) is 5.77. The summed E-state index contributed by atoms with van der Waals surface area (Å²) in [5, 5.41) is 7.25. The van der Waals surface area contributed by atoms with Crippen LogP contribution in [0.2, 0.25) is 0 Å². The lowest BCUT2D eigenvalue weighted by molar-refractivity contribution is 0.143. The van der Waals surface area contributed by atoms with Gasteiger partial charge in [0.15, 0.2) is 0 Å². The van der Waals surface area contributed by atoms with Crippen molar-refractivity contribution in [3.8, 4) is 21.8 Å². The topological polar surface area (TPSA) is 54.4 Å². The summed E-state index contributed by atoms with van der Waals surface area (Å²) in [7, 11) is 1.75. The smallest absolute Gasteiger partial charge is 0.226 e. The van der Waals surface area contributed by atoms with Crippen LogP contribution in [0.15, 0.2) is 28.4 Å². The minimum absolute atomic E-state index is 0.777. The number of hydrogen-bond acceptors (Lipinski definition) is 8. The monoisotopic (exact) mass is 401 g/mol. The number of piperazine rings is 1. The Morgan fingerprint density at radius 1 is 1.15 bits per heavy atom. The number of hydrogen-bond donors (Lipinski definition) is 0. The first-order chi connectivity index (χ1) is 13.2. The summed E-state index contributed by atoms with van der Waals surface area (Å²) in [5.41, 5.74) is 4.16. The van der Waals surface area contributed by atoms with Crippen LogP contribution in [0.1, 0.15) is 5.69 Å². The van der Waals surface area contributed by atoms with Gasteiger partial charge in [0.1, 0.15) is 10.7 Å². The van der Waals surface area contributed by atoms with Gasteiger partial charge in [-0.2, -0.15) is 11.3 Å². The van der Waals surface area contributed by atoms with Crippen LogP contribution < -0.4 is 4.90 Å². The maximum atomic E-state index is 5.19. The van der Waals surface area contributed by atoms with E-state index in [0.29, 0.717) is 0 Å². The van der Waals surface area contributed by atoms with Gasteiger partial charge in [-0.1, -0.05) is 0 Å². The molecule has 8 heteroatoms. The van der Waals surface area contributed by atoms with Gasteiger partial charge < -0.3 is 9.64 Å². The summed E-state index contributed by atoms with van der Waals surface area (Å²) in [6.07, 6.45) is 1.95. The SMILES string of the molecule is COCCN1CCN(c2ncc(-c3ccsc3)c(-c3nc(C)cs3)n2)CC1. The molecule has 1 aliphatic rings. The summed E-state index contributed by atoms with van der Waals surface area (Å²) < 4.78 is 5.19. The van der Waals surface area contributed by atoms with Crippen molar-refractivity contribution in [3.05, 3.63) is 34.1 Å². The second-order valence-electron chi connectivity index (χ2n) is 6.56. The fourth-order valence-corrected chi connectivity index (χ4v) is 4.63. The van der Waals surface area contributed by atoms with E-state index in [1.807, 2.05) is 13.1 Å². The van der Waals surface area contributed by atoms with Crippen molar-refractivity contribution < 1.29 is 4.74 Å². The van der Waals surface area contributed by atoms with Crippen molar-refractivity contribution in [1.82, 2.24) is 19.9 Å². The Hall–Kier alpha value is -1.87. The van der Waals surface area contributed by atoms with E-state index in [9.17, 15) is 0 Å².